The molecular weight excluding hydrogens is 226 g/mol. The summed E-state index contributed by atoms with van der Waals surface area (Å²) in [4.78, 5) is 22.1. The average Bonchev–Trinajstić information content (AvgIpc) is 2.23. The third-order valence-electron chi connectivity index (χ3n) is 1.99. The van der Waals surface area contributed by atoms with Gasteiger partial charge >= 0.3 is 0 Å². The van der Waals surface area contributed by atoms with Gasteiger partial charge in [0.2, 0.25) is 5.91 Å². The van der Waals surface area contributed by atoms with Crippen LogP contribution >= 0.6 is 11.8 Å². The monoisotopic (exact) mass is 245 g/mol. The lowest BCUT2D eigenvalue weighted by Crippen LogP contribution is -2.25. The van der Waals surface area contributed by atoms with Crippen molar-refractivity contribution in [3.8, 4) is 0 Å². The predicted molar refractivity (Wildman–Crippen MR) is 66.1 cm³/mol. The Kier molecular flexibility index (Phi) is 7.93. The van der Waals surface area contributed by atoms with Crippen LogP contribution in [0, 0.1) is 5.92 Å². The maximum absolute atomic E-state index is 11.6. The number of rotatable bonds is 6. The fourth-order valence-electron chi connectivity index (χ4n) is 1.01. The van der Waals surface area contributed by atoms with Crippen molar-refractivity contribution in [2.24, 2.45) is 5.92 Å². The van der Waals surface area contributed by atoms with Gasteiger partial charge in [-0.3, -0.25) is 9.59 Å². The molecule has 2 N–H and O–H groups in total. The number of amides is 1. The third kappa shape index (κ3) is 6.63. The molecule has 0 radical (unpaired) electrons. The van der Waals surface area contributed by atoms with Crippen molar-refractivity contribution >= 4 is 22.8 Å². The molecule has 0 saturated heterocycles. The summed E-state index contributed by atoms with van der Waals surface area (Å²) in [6, 6.07) is 0. The molecule has 0 fully saturated rings. The largest absolute Gasteiger partial charge is 0.388 e. The molecule has 0 aromatic carbocycles. The quantitative estimate of drug-likeness (QED) is 0.540. The van der Waals surface area contributed by atoms with Gasteiger partial charge in [-0.1, -0.05) is 30.8 Å². The molecule has 1 amide bonds. The Bertz CT molecular complexity index is 266. The molecule has 0 aromatic rings. The van der Waals surface area contributed by atoms with E-state index in [0.29, 0.717) is 12.3 Å². The first kappa shape index (κ1) is 15.2. The maximum atomic E-state index is 11.6. The Morgan fingerprint density at radius 2 is 2.12 bits per heavy atom. The molecule has 0 rings (SSSR count). The van der Waals surface area contributed by atoms with E-state index in [2.05, 4.69) is 5.32 Å². The van der Waals surface area contributed by atoms with Crippen LogP contribution < -0.4 is 5.32 Å². The SMILES string of the molecule is CC=C[C@@H](O)[C@H](C)C(=O)SCCNC(C)=O. The van der Waals surface area contributed by atoms with E-state index in [0.717, 1.165) is 11.8 Å². The number of thioether (sulfide) groups is 1. The summed E-state index contributed by atoms with van der Waals surface area (Å²) in [7, 11) is 0. The minimum Gasteiger partial charge on any atom is -0.388 e. The number of hydrogen-bond donors (Lipinski definition) is 2. The topological polar surface area (TPSA) is 66.4 Å². The van der Waals surface area contributed by atoms with Crippen molar-refractivity contribution in [1.29, 1.82) is 0 Å². The first-order valence-electron chi connectivity index (χ1n) is 5.21. The van der Waals surface area contributed by atoms with Crippen molar-refractivity contribution in [3.63, 3.8) is 0 Å². The highest BCUT2D eigenvalue weighted by atomic mass is 32.2. The molecule has 4 nitrogen and oxygen atoms in total. The molecule has 0 bridgehead atoms. The molecule has 0 aliphatic carbocycles. The fraction of sp³-hybridized carbons (Fsp3) is 0.636. The molecule has 0 aliphatic heterocycles. The van der Waals surface area contributed by atoms with E-state index in [1.807, 2.05) is 0 Å². The second-order valence-corrected chi connectivity index (χ2v) is 4.55. The first-order valence-corrected chi connectivity index (χ1v) is 6.19. The van der Waals surface area contributed by atoms with Gasteiger partial charge in [0, 0.05) is 19.2 Å². The number of aliphatic hydroxyl groups is 1. The van der Waals surface area contributed by atoms with Crippen molar-refractivity contribution < 1.29 is 14.7 Å². The van der Waals surface area contributed by atoms with Crippen molar-refractivity contribution in [2.75, 3.05) is 12.3 Å². The number of hydrogen-bond acceptors (Lipinski definition) is 4. The average molecular weight is 245 g/mol. The Morgan fingerprint density at radius 1 is 1.50 bits per heavy atom. The Hall–Kier alpha value is -0.810. The van der Waals surface area contributed by atoms with Crippen LogP contribution in [-0.4, -0.2) is 34.5 Å². The standard InChI is InChI=1S/C11H19NO3S/c1-4-5-10(14)8(2)11(15)16-7-6-12-9(3)13/h4-5,8,10,14H,6-7H2,1-3H3,(H,12,13)/t8-,10+/m0/s1. The van der Waals surface area contributed by atoms with Crippen LogP contribution in [0.3, 0.4) is 0 Å². The van der Waals surface area contributed by atoms with E-state index in [4.69, 9.17) is 0 Å². The van der Waals surface area contributed by atoms with E-state index >= 15 is 0 Å². The van der Waals surface area contributed by atoms with Gasteiger partial charge in [0.05, 0.1) is 12.0 Å². The molecule has 16 heavy (non-hydrogen) atoms. The van der Waals surface area contributed by atoms with Crippen LogP contribution in [0.25, 0.3) is 0 Å². The number of nitrogens with one attached hydrogen (secondary N) is 1. The number of aliphatic hydroxyl groups excluding tert-OH is 1. The van der Waals surface area contributed by atoms with Gasteiger partial charge in [-0.15, -0.1) is 0 Å². The number of allylic oxidation sites excluding steroid dienone is 1. The molecule has 0 unspecified atom stereocenters. The van der Waals surface area contributed by atoms with Crippen molar-refractivity contribution in [2.45, 2.75) is 26.9 Å². The molecule has 0 aliphatic rings. The third-order valence-corrected chi connectivity index (χ3v) is 3.06. The van der Waals surface area contributed by atoms with E-state index in [1.165, 1.54) is 6.92 Å². The van der Waals surface area contributed by atoms with Gasteiger partial charge in [-0.25, -0.2) is 0 Å². The molecule has 0 heterocycles. The van der Waals surface area contributed by atoms with Crippen LogP contribution in [0.1, 0.15) is 20.8 Å². The van der Waals surface area contributed by atoms with Crippen LogP contribution in [0.5, 0.6) is 0 Å². The minimum atomic E-state index is -0.731. The van der Waals surface area contributed by atoms with Crippen LogP contribution in [0.2, 0.25) is 0 Å². The molecule has 0 aromatic heterocycles. The molecule has 0 spiro atoms. The smallest absolute Gasteiger partial charge is 0.216 e. The van der Waals surface area contributed by atoms with E-state index in [1.54, 1.807) is 26.0 Å². The highest BCUT2D eigenvalue weighted by Crippen LogP contribution is 2.15. The summed E-state index contributed by atoms with van der Waals surface area (Å²) in [6.45, 7) is 5.39. The Morgan fingerprint density at radius 3 is 2.62 bits per heavy atom. The first-order chi connectivity index (χ1) is 7.49. The molecule has 0 saturated carbocycles. The summed E-state index contributed by atoms with van der Waals surface area (Å²) in [6.07, 6.45) is 2.58. The maximum Gasteiger partial charge on any atom is 0.216 e. The lowest BCUT2D eigenvalue weighted by molar-refractivity contribution is -0.119. The molecule has 92 valence electrons. The summed E-state index contributed by atoms with van der Waals surface area (Å²) >= 11 is 1.13. The Balaban J connectivity index is 3.83. The summed E-state index contributed by atoms with van der Waals surface area (Å²) in [5, 5.41) is 12.1. The molecule has 5 heteroatoms. The second-order valence-electron chi connectivity index (χ2n) is 3.46. The predicted octanol–water partition coefficient (Wildman–Crippen LogP) is 0.955. The summed E-state index contributed by atoms with van der Waals surface area (Å²) in [5.41, 5.74) is 0. The van der Waals surface area contributed by atoms with Crippen molar-refractivity contribution in [1.82, 2.24) is 5.32 Å². The summed E-state index contributed by atoms with van der Waals surface area (Å²) in [5.74, 6) is 0.0132. The highest BCUT2D eigenvalue weighted by Gasteiger charge is 2.19. The number of carbonyl (C=O) groups excluding carboxylic acids is 2. The summed E-state index contributed by atoms with van der Waals surface area (Å²) < 4.78 is 0. The molecule has 2 atom stereocenters. The zero-order valence-electron chi connectivity index (χ0n) is 9.90. The molecular formula is C11H19NO3S. The van der Waals surface area contributed by atoms with Gasteiger partial charge in [0.15, 0.2) is 5.12 Å². The van der Waals surface area contributed by atoms with Crippen LogP contribution in [0.4, 0.5) is 0 Å². The Labute approximate surface area is 100 Å². The van der Waals surface area contributed by atoms with Gasteiger partial charge in [0.25, 0.3) is 0 Å². The van der Waals surface area contributed by atoms with Gasteiger partial charge in [-0.05, 0) is 6.92 Å². The van der Waals surface area contributed by atoms with Gasteiger partial charge in [-0.2, -0.15) is 0 Å². The van der Waals surface area contributed by atoms with Gasteiger partial charge in [0.1, 0.15) is 0 Å². The number of carbonyl (C=O) groups is 2. The van der Waals surface area contributed by atoms with Crippen molar-refractivity contribution in [3.05, 3.63) is 12.2 Å². The minimum absolute atomic E-state index is 0.0593. The second kappa shape index (κ2) is 8.35. The van der Waals surface area contributed by atoms with Gasteiger partial charge < -0.3 is 10.4 Å². The zero-order chi connectivity index (χ0) is 12.6. The normalized spacial score (nSPS) is 14.8. The van der Waals surface area contributed by atoms with Crippen LogP contribution in [-0.2, 0) is 9.59 Å². The van der Waals surface area contributed by atoms with E-state index < -0.39 is 12.0 Å². The fourth-order valence-corrected chi connectivity index (χ4v) is 1.82. The lowest BCUT2D eigenvalue weighted by Gasteiger charge is -2.13. The van der Waals surface area contributed by atoms with E-state index in [9.17, 15) is 14.7 Å². The lowest BCUT2D eigenvalue weighted by atomic mass is 10.1. The van der Waals surface area contributed by atoms with Crippen LogP contribution in [0.15, 0.2) is 12.2 Å². The zero-order valence-corrected chi connectivity index (χ0v) is 10.7. The highest BCUT2D eigenvalue weighted by molar-refractivity contribution is 8.13. The van der Waals surface area contributed by atoms with E-state index in [-0.39, 0.29) is 11.0 Å².